The van der Waals surface area contributed by atoms with Crippen molar-refractivity contribution in [3.63, 3.8) is 0 Å². The Morgan fingerprint density at radius 3 is 2.55 bits per heavy atom. The van der Waals surface area contributed by atoms with E-state index in [0.29, 0.717) is 12.0 Å². The lowest BCUT2D eigenvalue weighted by molar-refractivity contribution is 0.405. The van der Waals surface area contributed by atoms with Gasteiger partial charge in [0.15, 0.2) is 0 Å². The first-order chi connectivity index (χ1) is 14.0. The Labute approximate surface area is 178 Å². The molecule has 1 aliphatic rings. The predicted molar refractivity (Wildman–Crippen MR) is 118 cm³/mol. The molecule has 0 unspecified atom stereocenters. The van der Waals surface area contributed by atoms with Gasteiger partial charge in [-0.15, -0.1) is 0 Å². The van der Waals surface area contributed by atoms with Crippen molar-refractivity contribution in [3.05, 3.63) is 99.3 Å². The van der Waals surface area contributed by atoms with Gasteiger partial charge < -0.3 is 5.11 Å². The van der Waals surface area contributed by atoms with Crippen LogP contribution in [0.3, 0.4) is 0 Å². The van der Waals surface area contributed by atoms with E-state index in [2.05, 4.69) is 52.4 Å². The summed E-state index contributed by atoms with van der Waals surface area (Å²) in [7, 11) is 0. The third-order valence-corrected chi connectivity index (χ3v) is 5.79. The van der Waals surface area contributed by atoms with E-state index in [1.165, 1.54) is 11.6 Å². The molecular formula is C24H22BrFN2O. The smallest absolute Gasteiger partial charge is 0.129 e. The molecule has 0 bridgehead atoms. The summed E-state index contributed by atoms with van der Waals surface area (Å²) in [6, 6.07) is 20.2. The SMILES string of the molecule is CCc1ccc(C2=N[C@H](c3ccccc3F)N[C@@H](c3cc(Br)ccc3O)C2)cc1. The summed E-state index contributed by atoms with van der Waals surface area (Å²) in [6.45, 7) is 2.12. The fraction of sp³-hybridized carbons (Fsp3) is 0.208. The molecule has 4 rings (SSSR count). The topological polar surface area (TPSA) is 44.6 Å². The molecule has 0 amide bonds. The summed E-state index contributed by atoms with van der Waals surface area (Å²) >= 11 is 3.48. The van der Waals surface area contributed by atoms with E-state index in [-0.39, 0.29) is 17.6 Å². The van der Waals surface area contributed by atoms with Crippen molar-refractivity contribution in [2.45, 2.75) is 32.0 Å². The quantitative estimate of drug-likeness (QED) is 0.503. The van der Waals surface area contributed by atoms with E-state index in [4.69, 9.17) is 4.99 Å². The van der Waals surface area contributed by atoms with Crippen LogP contribution in [-0.4, -0.2) is 10.8 Å². The molecule has 0 radical (unpaired) electrons. The van der Waals surface area contributed by atoms with E-state index in [1.807, 2.05) is 12.1 Å². The van der Waals surface area contributed by atoms with Crippen LogP contribution in [0.1, 0.15) is 47.8 Å². The molecule has 0 aliphatic carbocycles. The van der Waals surface area contributed by atoms with Crippen LogP contribution in [0.4, 0.5) is 4.39 Å². The molecule has 2 atom stereocenters. The van der Waals surface area contributed by atoms with Crippen LogP contribution in [0, 0.1) is 5.82 Å². The second kappa shape index (κ2) is 8.47. The molecule has 148 valence electrons. The number of aromatic hydroxyl groups is 1. The second-order valence-electron chi connectivity index (χ2n) is 7.18. The molecule has 0 fully saturated rings. The van der Waals surface area contributed by atoms with Gasteiger partial charge in [-0.05, 0) is 41.8 Å². The van der Waals surface area contributed by atoms with Gasteiger partial charge in [-0.1, -0.05) is 65.3 Å². The highest BCUT2D eigenvalue weighted by molar-refractivity contribution is 9.10. The summed E-state index contributed by atoms with van der Waals surface area (Å²) in [5.41, 5.74) is 4.43. The first kappa shape index (κ1) is 19.8. The lowest BCUT2D eigenvalue weighted by atomic mass is 9.93. The molecule has 0 aromatic heterocycles. The fourth-order valence-electron chi connectivity index (χ4n) is 3.67. The molecule has 29 heavy (non-hydrogen) atoms. The lowest BCUT2D eigenvalue weighted by Crippen LogP contribution is -2.33. The molecule has 0 saturated heterocycles. The average molecular weight is 453 g/mol. The summed E-state index contributed by atoms with van der Waals surface area (Å²) < 4.78 is 15.4. The Morgan fingerprint density at radius 2 is 1.83 bits per heavy atom. The van der Waals surface area contributed by atoms with E-state index in [9.17, 15) is 9.50 Å². The summed E-state index contributed by atoms with van der Waals surface area (Å²) in [6.07, 6.45) is 1.04. The number of halogens is 2. The molecule has 1 aliphatic heterocycles. The normalized spacial score (nSPS) is 19.1. The second-order valence-corrected chi connectivity index (χ2v) is 8.09. The summed E-state index contributed by atoms with van der Waals surface area (Å²) in [4.78, 5) is 4.84. The minimum atomic E-state index is -0.533. The maximum Gasteiger partial charge on any atom is 0.129 e. The van der Waals surface area contributed by atoms with Gasteiger partial charge in [-0.3, -0.25) is 10.3 Å². The predicted octanol–water partition coefficient (Wildman–Crippen LogP) is 6.08. The third kappa shape index (κ3) is 4.26. The van der Waals surface area contributed by atoms with Gasteiger partial charge in [0.2, 0.25) is 0 Å². The van der Waals surface area contributed by atoms with Crippen LogP contribution in [0.15, 0.2) is 76.2 Å². The first-order valence-electron chi connectivity index (χ1n) is 9.70. The van der Waals surface area contributed by atoms with Crippen molar-refractivity contribution in [3.8, 4) is 5.75 Å². The number of aryl methyl sites for hydroxylation is 1. The van der Waals surface area contributed by atoms with E-state index < -0.39 is 6.17 Å². The molecule has 3 nitrogen and oxygen atoms in total. The minimum absolute atomic E-state index is 0.199. The zero-order valence-corrected chi connectivity index (χ0v) is 17.7. The zero-order valence-electron chi connectivity index (χ0n) is 16.1. The molecule has 5 heteroatoms. The molecule has 3 aromatic rings. The van der Waals surface area contributed by atoms with Gasteiger partial charge in [0.05, 0.1) is 0 Å². The Bertz CT molecular complexity index is 1050. The van der Waals surface area contributed by atoms with Crippen LogP contribution in [0.2, 0.25) is 0 Å². The number of nitrogens with zero attached hydrogens (tertiary/aromatic N) is 1. The minimum Gasteiger partial charge on any atom is -0.508 e. The van der Waals surface area contributed by atoms with Gasteiger partial charge in [-0.2, -0.15) is 0 Å². The van der Waals surface area contributed by atoms with Crippen molar-refractivity contribution >= 4 is 21.6 Å². The summed E-state index contributed by atoms with van der Waals surface area (Å²) in [5.74, 6) is -0.0888. The Balaban J connectivity index is 1.77. The summed E-state index contributed by atoms with van der Waals surface area (Å²) in [5, 5.41) is 13.9. The molecule has 0 saturated carbocycles. The van der Waals surface area contributed by atoms with Crippen LogP contribution >= 0.6 is 15.9 Å². The number of hydrogen-bond donors (Lipinski definition) is 2. The van der Waals surface area contributed by atoms with Crippen molar-refractivity contribution in [1.82, 2.24) is 5.32 Å². The Hall–Kier alpha value is -2.50. The van der Waals surface area contributed by atoms with Crippen molar-refractivity contribution in [2.75, 3.05) is 0 Å². The molecule has 0 spiro atoms. The molecule has 3 aromatic carbocycles. The average Bonchev–Trinajstić information content (AvgIpc) is 2.75. The van der Waals surface area contributed by atoms with Crippen molar-refractivity contribution < 1.29 is 9.50 Å². The highest BCUT2D eigenvalue weighted by atomic mass is 79.9. The highest BCUT2D eigenvalue weighted by Gasteiger charge is 2.29. The highest BCUT2D eigenvalue weighted by Crippen LogP contribution is 2.36. The van der Waals surface area contributed by atoms with Crippen LogP contribution < -0.4 is 5.32 Å². The number of phenols is 1. The molecule has 2 N–H and O–H groups in total. The van der Waals surface area contributed by atoms with Gasteiger partial charge in [0.25, 0.3) is 0 Å². The number of hydrogen-bond acceptors (Lipinski definition) is 3. The number of benzene rings is 3. The fourth-order valence-corrected chi connectivity index (χ4v) is 4.05. The number of rotatable bonds is 4. The maximum absolute atomic E-state index is 14.5. The van der Waals surface area contributed by atoms with Crippen LogP contribution in [0.25, 0.3) is 0 Å². The van der Waals surface area contributed by atoms with E-state index >= 15 is 0 Å². The largest absolute Gasteiger partial charge is 0.508 e. The number of aliphatic imine (C=N–C) groups is 1. The number of phenolic OH excluding ortho intramolecular Hbond substituents is 1. The standard InChI is InChI=1S/C24H22BrFN2O/c1-2-15-7-9-16(10-8-15)21-14-22(19-13-17(25)11-12-23(19)29)28-24(27-21)18-5-3-4-6-20(18)26/h3-13,22,24,28-29H,2,14H2,1H3/t22-,24+/m1/s1. The van der Waals surface area contributed by atoms with Gasteiger partial charge in [0, 0.05) is 33.8 Å². The number of nitrogens with one attached hydrogen (secondary N) is 1. The maximum atomic E-state index is 14.5. The monoisotopic (exact) mass is 452 g/mol. The van der Waals surface area contributed by atoms with Gasteiger partial charge in [0.1, 0.15) is 17.7 Å². The van der Waals surface area contributed by atoms with Crippen LogP contribution in [-0.2, 0) is 6.42 Å². The van der Waals surface area contributed by atoms with Crippen molar-refractivity contribution in [2.24, 2.45) is 4.99 Å². The zero-order chi connectivity index (χ0) is 20.4. The lowest BCUT2D eigenvalue weighted by Gasteiger charge is -2.31. The first-order valence-corrected chi connectivity index (χ1v) is 10.5. The Kier molecular flexibility index (Phi) is 5.79. The van der Waals surface area contributed by atoms with Gasteiger partial charge >= 0.3 is 0 Å². The van der Waals surface area contributed by atoms with E-state index in [1.54, 1.807) is 24.3 Å². The van der Waals surface area contributed by atoms with Crippen LogP contribution in [0.5, 0.6) is 5.75 Å². The Morgan fingerprint density at radius 1 is 1.07 bits per heavy atom. The molecular weight excluding hydrogens is 431 g/mol. The van der Waals surface area contributed by atoms with Crippen molar-refractivity contribution in [1.29, 1.82) is 0 Å². The third-order valence-electron chi connectivity index (χ3n) is 5.30. The molecule has 1 heterocycles. The van der Waals surface area contributed by atoms with E-state index in [0.717, 1.165) is 27.7 Å². The van der Waals surface area contributed by atoms with Gasteiger partial charge in [-0.25, -0.2) is 4.39 Å².